The Bertz CT molecular complexity index is 200. The maximum absolute atomic E-state index is 11.8. The monoisotopic (exact) mass is 213 g/mol. The molecule has 15 heavy (non-hydrogen) atoms. The fourth-order valence-electron chi connectivity index (χ4n) is 2.01. The number of carbonyl (C=O) groups excluding carboxylic acids is 1. The Hall–Kier alpha value is -0.610. The molecule has 1 aliphatic heterocycles. The third-order valence-corrected chi connectivity index (χ3v) is 2.65. The van der Waals surface area contributed by atoms with Gasteiger partial charge >= 0.3 is 0 Å². The third-order valence-electron chi connectivity index (χ3n) is 2.65. The van der Waals surface area contributed by atoms with Gasteiger partial charge in [0.25, 0.3) is 0 Å². The molecule has 0 radical (unpaired) electrons. The zero-order chi connectivity index (χ0) is 11.3. The first-order chi connectivity index (χ1) is 7.09. The molecule has 1 fully saturated rings. The molecule has 0 saturated carbocycles. The SMILES string of the molecule is CC(CN(C)C)NC(=O)[C@@H]1CCCCN1. The minimum atomic E-state index is 0.0309. The van der Waals surface area contributed by atoms with Crippen LogP contribution in [-0.4, -0.2) is 50.1 Å². The van der Waals surface area contributed by atoms with Gasteiger partial charge in [-0.15, -0.1) is 0 Å². The fraction of sp³-hybridized carbons (Fsp3) is 0.909. The third kappa shape index (κ3) is 4.62. The Kier molecular flexibility index (Phi) is 5.05. The second-order valence-corrected chi connectivity index (χ2v) is 4.67. The molecule has 2 N–H and O–H groups in total. The van der Waals surface area contributed by atoms with Crippen molar-refractivity contribution in [2.24, 2.45) is 0 Å². The lowest BCUT2D eigenvalue weighted by molar-refractivity contribution is -0.124. The quantitative estimate of drug-likeness (QED) is 0.701. The van der Waals surface area contributed by atoms with Crippen LogP contribution >= 0.6 is 0 Å². The van der Waals surface area contributed by atoms with Crippen molar-refractivity contribution < 1.29 is 4.79 Å². The molecule has 4 nitrogen and oxygen atoms in total. The fourth-order valence-corrected chi connectivity index (χ4v) is 2.01. The van der Waals surface area contributed by atoms with Gasteiger partial charge in [0.1, 0.15) is 0 Å². The molecule has 1 saturated heterocycles. The summed E-state index contributed by atoms with van der Waals surface area (Å²) in [4.78, 5) is 13.9. The summed E-state index contributed by atoms with van der Waals surface area (Å²) in [6.45, 7) is 3.90. The Morgan fingerprint density at radius 3 is 2.80 bits per heavy atom. The first-order valence-corrected chi connectivity index (χ1v) is 5.78. The number of nitrogens with zero attached hydrogens (tertiary/aromatic N) is 1. The Balaban J connectivity index is 2.27. The van der Waals surface area contributed by atoms with E-state index < -0.39 is 0 Å². The van der Waals surface area contributed by atoms with Gasteiger partial charge in [0.15, 0.2) is 0 Å². The second-order valence-electron chi connectivity index (χ2n) is 4.67. The lowest BCUT2D eigenvalue weighted by Crippen LogP contribution is -2.50. The van der Waals surface area contributed by atoms with Crippen LogP contribution in [0.15, 0.2) is 0 Å². The molecule has 88 valence electrons. The van der Waals surface area contributed by atoms with Crippen LogP contribution in [0.5, 0.6) is 0 Å². The molecule has 1 unspecified atom stereocenters. The summed E-state index contributed by atoms with van der Waals surface area (Å²) in [5.74, 6) is 0.157. The van der Waals surface area contributed by atoms with Crippen LogP contribution in [0.3, 0.4) is 0 Å². The topological polar surface area (TPSA) is 44.4 Å². The van der Waals surface area contributed by atoms with Gasteiger partial charge in [-0.3, -0.25) is 4.79 Å². The molecule has 1 amide bonds. The number of hydrogen-bond acceptors (Lipinski definition) is 3. The zero-order valence-electron chi connectivity index (χ0n) is 10.0. The average molecular weight is 213 g/mol. The van der Waals surface area contributed by atoms with E-state index in [4.69, 9.17) is 0 Å². The molecule has 1 rings (SSSR count). The van der Waals surface area contributed by atoms with Crippen LogP contribution < -0.4 is 10.6 Å². The molecule has 0 aromatic heterocycles. The highest BCUT2D eigenvalue weighted by atomic mass is 16.2. The van der Waals surface area contributed by atoms with Gasteiger partial charge in [-0.05, 0) is 40.4 Å². The number of nitrogens with one attached hydrogen (secondary N) is 2. The summed E-state index contributed by atoms with van der Waals surface area (Å²) < 4.78 is 0. The van der Waals surface area contributed by atoms with Gasteiger partial charge < -0.3 is 15.5 Å². The molecule has 0 aliphatic carbocycles. The van der Waals surface area contributed by atoms with Gasteiger partial charge in [-0.2, -0.15) is 0 Å². The van der Waals surface area contributed by atoms with Crippen LogP contribution in [0.1, 0.15) is 26.2 Å². The summed E-state index contributed by atoms with van der Waals surface area (Å²) in [7, 11) is 4.03. The van der Waals surface area contributed by atoms with E-state index in [1.165, 1.54) is 6.42 Å². The Morgan fingerprint density at radius 2 is 2.27 bits per heavy atom. The summed E-state index contributed by atoms with van der Waals surface area (Å²) in [5, 5.41) is 6.29. The van der Waals surface area contributed by atoms with Crippen molar-refractivity contribution in [3.05, 3.63) is 0 Å². The minimum Gasteiger partial charge on any atom is -0.351 e. The summed E-state index contributed by atoms with van der Waals surface area (Å²) in [5.41, 5.74) is 0. The van der Waals surface area contributed by atoms with Crippen LogP contribution in [-0.2, 0) is 4.79 Å². The highest BCUT2D eigenvalue weighted by Gasteiger charge is 2.21. The van der Waals surface area contributed by atoms with E-state index >= 15 is 0 Å². The first kappa shape index (κ1) is 12.5. The predicted molar refractivity (Wildman–Crippen MR) is 61.8 cm³/mol. The predicted octanol–water partition coefficient (Wildman–Crippen LogP) is 0.195. The summed E-state index contributed by atoms with van der Waals surface area (Å²) in [6, 6.07) is 0.250. The number of piperidine rings is 1. The van der Waals surface area contributed by atoms with E-state index in [9.17, 15) is 4.79 Å². The minimum absolute atomic E-state index is 0.0309. The summed E-state index contributed by atoms with van der Waals surface area (Å²) >= 11 is 0. The number of likely N-dealkylation sites (N-methyl/N-ethyl adjacent to an activating group) is 1. The molecule has 0 aromatic rings. The van der Waals surface area contributed by atoms with Gasteiger partial charge in [0.2, 0.25) is 5.91 Å². The van der Waals surface area contributed by atoms with Crippen molar-refractivity contribution in [2.45, 2.75) is 38.3 Å². The second kappa shape index (κ2) is 6.08. The molecule has 2 atom stereocenters. The van der Waals surface area contributed by atoms with E-state index in [0.29, 0.717) is 0 Å². The first-order valence-electron chi connectivity index (χ1n) is 5.78. The molecule has 4 heteroatoms. The lowest BCUT2D eigenvalue weighted by atomic mass is 10.0. The van der Waals surface area contributed by atoms with Crippen molar-refractivity contribution in [1.82, 2.24) is 15.5 Å². The van der Waals surface area contributed by atoms with Crippen molar-refractivity contribution in [3.8, 4) is 0 Å². The van der Waals surface area contributed by atoms with Gasteiger partial charge in [0.05, 0.1) is 6.04 Å². The van der Waals surface area contributed by atoms with E-state index in [2.05, 4.69) is 15.5 Å². The highest BCUT2D eigenvalue weighted by molar-refractivity contribution is 5.82. The largest absolute Gasteiger partial charge is 0.351 e. The standard InChI is InChI=1S/C11H23N3O/c1-9(8-14(2)3)13-11(15)10-6-4-5-7-12-10/h9-10,12H,4-8H2,1-3H3,(H,13,15)/t9?,10-/m0/s1. The summed E-state index contributed by atoms with van der Waals surface area (Å²) in [6.07, 6.45) is 3.32. The van der Waals surface area contributed by atoms with Crippen LogP contribution in [0.25, 0.3) is 0 Å². The van der Waals surface area contributed by atoms with Crippen molar-refractivity contribution in [3.63, 3.8) is 0 Å². The number of rotatable bonds is 4. The number of carbonyl (C=O) groups is 1. The van der Waals surface area contributed by atoms with Crippen molar-refractivity contribution >= 4 is 5.91 Å². The molecular weight excluding hydrogens is 190 g/mol. The van der Waals surface area contributed by atoms with Crippen LogP contribution in [0.4, 0.5) is 0 Å². The normalized spacial score (nSPS) is 23.9. The van der Waals surface area contributed by atoms with E-state index in [1.807, 2.05) is 21.0 Å². The van der Waals surface area contributed by atoms with E-state index in [-0.39, 0.29) is 18.0 Å². The lowest BCUT2D eigenvalue weighted by Gasteiger charge is -2.25. The van der Waals surface area contributed by atoms with E-state index in [1.54, 1.807) is 0 Å². The molecule has 0 bridgehead atoms. The van der Waals surface area contributed by atoms with Crippen molar-refractivity contribution in [2.75, 3.05) is 27.2 Å². The van der Waals surface area contributed by atoms with Crippen LogP contribution in [0, 0.1) is 0 Å². The molecule has 1 aliphatic rings. The highest BCUT2D eigenvalue weighted by Crippen LogP contribution is 2.06. The van der Waals surface area contributed by atoms with E-state index in [0.717, 1.165) is 25.9 Å². The van der Waals surface area contributed by atoms with Crippen molar-refractivity contribution in [1.29, 1.82) is 0 Å². The number of hydrogen-bond donors (Lipinski definition) is 2. The zero-order valence-corrected chi connectivity index (χ0v) is 10.0. The average Bonchev–Trinajstić information content (AvgIpc) is 2.17. The smallest absolute Gasteiger partial charge is 0.237 e. The Labute approximate surface area is 92.4 Å². The van der Waals surface area contributed by atoms with Gasteiger partial charge in [0, 0.05) is 12.6 Å². The maximum atomic E-state index is 11.8. The molecule has 0 spiro atoms. The number of amides is 1. The maximum Gasteiger partial charge on any atom is 0.237 e. The Morgan fingerprint density at radius 1 is 1.53 bits per heavy atom. The molecular formula is C11H23N3O. The molecule has 0 aromatic carbocycles. The van der Waals surface area contributed by atoms with Gasteiger partial charge in [-0.25, -0.2) is 0 Å². The van der Waals surface area contributed by atoms with Gasteiger partial charge in [-0.1, -0.05) is 6.42 Å². The molecule has 1 heterocycles. The van der Waals surface area contributed by atoms with Crippen LogP contribution in [0.2, 0.25) is 0 Å².